The molecule has 1 heterocycles. The zero-order chi connectivity index (χ0) is 22.4. The van der Waals surface area contributed by atoms with E-state index >= 15 is 0 Å². The summed E-state index contributed by atoms with van der Waals surface area (Å²) in [6.45, 7) is 0.575. The Balaban J connectivity index is 0.000000196. The van der Waals surface area contributed by atoms with E-state index in [1.165, 1.54) is 29.3 Å². The number of carboxylic acids is 2. The monoisotopic (exact) mass is 420 g/mol. The number of carboxylic acid groups (broad SMARTS) is 2. The molecule has 1 aliphatic heterocycles. The Labute approximate surface area is 180 Å². The molecule has 5 N–H and O–H groups in total. The van der Waals surface area contributed by atoms with Gasteiger partial charge in [-0.15, -0.1) is 0 Å². The molecular weight excluding hydrogens is 396 g/mol. The first-order valence-corrected chi connectivity index (χ1v) is 9.74. The van der Waals surface area contributed by atoms with Crippen LogP contribution >= 0.6 is 0 Å². The van der Waals surface area contributed by atoms with E-state index in [1.807, 2.05) is 7.05 Å². The van der Waals surface area contributed by atoms with E-state index < -0.39 is 11.9 Å². The van der Waals surface area contributed by atoms with Crippen LogP contribution in [0.15, 0.2) is 66.7 Å². The number of ether oxygens (including phenoxy) is 1. The van der Waals surface area contributed by atoms with E-state index in [2.05, 4.69) is 47.8 Å². The molecule has 0 spiro atoms. The Kier molecular flexibility index (Phi) is 7.02. The van der Waals surface area contributed by atoms with Crippen molar-refractivity contribution in [1.82, 2.24) is 5.32 Å². The molecular formula is C24H24N2O5. The second-order valence-corrected chi connectivity index (χ2v) is 6.99. The summed E-state index contributed by atoms with van der Waals surface area (Å²) in [5.41, 5.74) is 10.3. The standard InChI is InChI=1S/C16H18N2O.C8H6O4/c1-18-15-9-13-3-2-4-14(16(13)19-15)12-7-5-11(10-17)6-8-12;9-7(10)5-2-1-3-6(4-5)8(11)12/h2-8,15,18H,9-10,17H2,1H3;1-4H,(H,9,10)(H,11,12). The van der Waals surface area contributed by atoms with Gasteiger partial charge in [-0.3, -0.25) is 5.32 Å². The average molecular weight is 420 g/mol. The van der Waals surface area contributed by atoms with Gasteiger partial charge in [-0.1, -0.05) is 48.5 Å². The molecule has 0 saturated carbocycles. The molecule has 4 rings (SSSR count). The lowest BCUT2D eigenvalue weighted by molar-refractivity contribution is 0.0696. The minimum Gasteiger partial charge on any atom is -0.478 e. The first kappa shape index (κ1) is 22.0. The maximum atomic E-state index is 10.4. The largest absolute Gasteiger partial charge is 0.478 e. The van der Waals surface area contributed by atoms with Crippen LogP contribution in [0.25, 0.3) is 11.1 Å². The normalized spacial score (nSPS) is 14.1. The molecule has 1 aliphatic rings. The Bertz CT molecular complexity index is 1050. The molecule has 0 amide bonds. The lowest BCUT2D eigenvalue weighted by Gasteiger charge is -2.11. The van der Waals surface area contributed by atoms with Gasteiger partial charge in [0.1, 0.15) is 5.75 Å². The van der Waals surface area contributed by atoms with Crippen molar-refractivity contribution in [2.24, 2.45) is 5.73 Å². The number of nitrogens with one attached hydrogen (secondary N) is 1. The Hall–Kier alpha value is -3.68. The minimum absolute atomic E-state index is 0.0186. The quantitative estimate of drug-likeness (QED) is 0.499. The molecule has 0 bridgehead atoms. The maximum absolute atomic E-state index is 10.4. The second-order valence-electron chi connectivity index (χ2n) is 6.99. The van der Waals surface area contributed by atoms with E-state index in [1.54, 1.807) is 0 Å². The van der Waals surface area contributed by atoms with Crippen LogP contribution < -0.4 is 15.8 Å². The minimum atomic E-state index is -1.13. The predicted octanol–water partition coefficient (Wildman–Crippen LogP) is 3.38. The number of carbonyl (C=O) groups is 2. The molecule has 160 valence electrons. The molecule has 7 nitrogen and oxygen atoms in total. The number of hydrogen-bond acceptors (Lipinski definition) is 5. The number of benzene rings is 3. The second kappa shape index (κ2) is 9.88. The summed E-state index contributed by atoms with van der Waals surface area (Å²) in [6.07, 6.45) is 1.00. The third-order valence-corrected chi connectivity index (χ3v) is 4.94. The molecule has 0 fully saturated rings. The fourth-order valence-corrected chi connectivity index (χ4v) is 3.26. The van der Waals surface area contributed by atoms with E-state index in [0.29, 0.717) is 6.54 Å². The molecule has 1 unspecified atom stereocenters. The zero-order valence-electron chi connectivity index (χ0n) is 17.0. The lowest BCUT2D eigenvalue weighted by atomic mass is 10.00. The Morgan fingerprint density at radius 1 is 1.00 bits per heavy atom. The molecule has 3 aromatic rings. The first-order chi connectivity index (χ1) is 14.9. The average Bonchev–Trinajstić information content (AvgIpc) is 3.23. The summed E-state index contributed by atoms with van der Waals surface area (Å²) >= 11 is 0. The summed E-state index contributed by atoms with van der Waals surface area (Å²) in [4.78, 5) is 20.8. The van der Waals surface area contributed by atoms with Gasteiger partial charge in [0, 0.05) is 18.5 Å². The topological polar surface area (TPSA) is 122 Å². The highest BCUT2D eigenvalue weighted by Gasteiger charge is 2.24. The van der Waals surface area contributed by atoms with Gasteiger partial charge in [-0.2, -0.15) is 0 Å². The van der Waals surface area contributed by atoms with Gasteiger partial charge in [-0.25, -0.2) is 9.59 Å². The SMILES string of the molecule is CNC1Cc2cccc(-c3ccc(CN)cc3)c2O1.O=C(O)c1cccc(C(=O)O)c1. The maximum Gasteiger partial charge on any atom is 0.335 e. The van der Waals surface area contributed by atoms with Gasteiger partial charge >= 0.3 is 11.9 Å². The van der Waals surface area contributed by atoms with Crippen LogP contribution in [-0.4, -0.2) is 35.4 Å². The number of fused-ring (bicyclic) bond motifs is 1. The van der Waals surface area contributed by atoms with Gasteiger partial charge in [0.05, 0.1) is 11.1 Å². The van der Waals surface area contributed by atoms with Crippen molar-refractivity contribution >= 4 is 11.9 Å². The Morgan fingerprint density at radius 3 is 2.16 bits per heavy atom. The highest BCUT2D eigenvalue weighted by Crippen LogP contribution is 2.38. The predicted molar refractivity (Wildman–Crippen MR) is 117 cm³/mol. The third-order valence-electron chi connectivity index (χ3n) is 4.94. The summed E-state index contributed by atoms with van der Waals surface area (Å²) in [5, 5.41) is 20.2. The molecule has 0 aromatic heterocycles. The van der Waals surface area contributed by atoms with Crippen molar-refractivity contribution < 1.29 is 24.5 Å². The highest BCUT2D eigenvalue weighted by atomic mass is 16.5. The number of hydrogen-bond donors (Lipinski definition) is 4. The number of rotatable bonds is 5. The van der Waals surface area contributed by atoms with Crippen molar-refractivity contribution in [3.63, 3.8) is 0 Å². The molecule has 31 heavy (non-hydrogen) atoms. The fraction of sp³-hybridized carbons (Fsp3) is 0.167. The molecule has 1 atom stereocenters. The van der Waals surface area contributed by atoms with Crippen LogP contribution in [0.4, 0.5) is 0 Å². The Morgan fingerprint density at radius 2 is 1.61 bits per heavy atom. The van der Waals surface area contributed by atoms with Crippen molar-refractivity contribution in [3.05, 3.63) is 89.0 Å². The van der Waals surface area contributed by atoms with Gasteiger partial charge in [0.25, 0.3) is 0 Å². The number of para-hydroxylation sites is 1. The number of likely N-dealkylation sites (N-methyl/N-ethyl adjacent to an activating group) is 1. The van der Waals surface area contributed by atoms with E-state index in [0.717, 1.165) is 29.4 Å². The van der Waals surface area contributed by atoms with E-state index in [-0.39, 0.29) is 17.4 Å². The zero-order valence-corrected chi connectivity index (χ0v) is 17.0. The molecule has 7 heteroatoms. The number of nitrogens with two attached hydrogens (primary N) is 1. The van der Waals surface area contributed by atoms with Gasteiger partial charge in [-0.05, 0) is 41.9 Å². The molecule has 3 aromatic carbocycles. The van der Waals surface area contributed by atoms with E-state index in [4.69, 9.17) is 20.7 Å². The summed E-state index contributed by atoms with van der Waals surface area (Å²) < 4.78 is 5.96. The molecule has 0 radical (unpaired) electrons. The smallest absolute Gasteiger partial charge is 0.335 e. The van der Waals surface area contributed by atoms with Crippen molar-refractivity contribution in [2.45, 2.75) is 19.2 Å². The van der Waals surface area contributed by atoms with Gasteiger partial charge < -0.3 is 20.7 Å². The van der Waals surface area contributed by atoms with Crippen LogP contribution in [0.2, 0.25) is 0 Å². The van der Waals surface area contributed by atoms with Crippen molar-refractivity contribution in [1.29, 1.82) is 0 Å². The van der Waals surface area contributed by atoms with Crippen molar-refractivity contribution in [2.75, 3.05) is 7.05 Å². The van der Waals surface area contributed by atoms with Crippen molar-refractivity contribution in [3.8, 4) is 16.9 Å². The van der Waals surface area contributed by atoms with Crippen LogP contribution in [0, 0.1) is 0 Å². The summed E-state index contributed by atoms with van der Waals surface area (Å²) in [5.74, 6) is -1.25. The van der Waals surface area contributed by atoms with Crippen LogP contribution in [0.3, 0.4) is 0 Å². The van der Waals surface area contributed by atoms with Gasteiger partial charge in [0.2, 0.25) is 0 Å². The molecule has 0 aliphatic carbocycles. The third kappa shape index (κ3) is 5.28. The van der Waals surface area contributed by atoms with Crippen LogP contribution in [0.5, 0.6) is 5.75 Å². The molecule has 0 saturated heterocycles. The van der Waals surface area contributed by atoms with Gasteiger partial charge in [0.15, 0.2) is 6.23 Å². The lowest BCUT2D eigenvalue weighted by Crippen LogP contribution is -2.29. The van der Waals surface area contributed by atoms with Crippen LogP contribution in [0.1, 0.15) is 31.8 Å². The summed E-state index contributed by atoms with van der Waals surface area (Å²) in [6, 6.07) is 19.9. The van der Waals surface area contributed by atoms with E-state index in [9.17, 15) is 9.59 Å². The highest BCUT2D eigenvalue weighted by molar-refractivity contribution is 5.93. The number of aromatic carboxylic acids is 2. The van der Waals surface area contributed by atoms with Crippen LogP contribution in [-0.2, 0) is 13.0 Å². The summed E-state index contributed by atoms with van der Waals surface area (Å²) in [7, 11) is 1.92. The first-order valence-electron chi connectivity index (χ1n) is 9.74. The fourth-order valence-electron chi connectivity index (χ4n) is 3.26.